The first-order chi connectivity index (χ1) is 16.6. The van der Waals surface area contributed by atoms with Crippen LogP contribution in [0.3, 0.4) is 0 Å². The summed E-state index contributed by atoms with van der Waals surface area (Å²) in [5, 5.41) is 14.0. The highest BCUT2D eigenvalue weighted by Gasteiger charge is 2.29. The van der Waals surface area contributed by atoms with Crippen LogP contribution in [0.15, 0.2) is 59.4 Å². The van der Waals surface area contributed by atoms with E-state index in [4.69, 9.17) is 0 Å². The van der Waals surface area contributed by atoms with Crippen LogP contribution < -0.4 is 5.56 Å². The van der Waals surface area contributed by atoms with Gasteiger partial charge in [-0.2, -0.15) is 0 Å². The minimum Gasteiger partial charge on any atom is -0.322 e. The summed E-state index contributed by atoms with van der Waals surface area (Å²) < 4.78 is 2.05. The molecule has 176 valence electrons. The number of hydrogen-bond acceptors (Lipinski definition) is 5. The van der Waals surface area contributed by atoms with E-state index in [9.17, 15) is 4.79 Å². The average molecular weight is 457 g/mol. The summed E-state index contributed by atoms with van der Waals surface area (Å²) in [7, 11) is 0. The van der Waals surface area contributed by atoms with Crippen LogP contribution in [0.4, 0.5) is 0 Å². The van der Waals surface area contributed by atoms with Gasteiger partial charge in [-0.15, -0.1) is 5.10 Å². The quantitative estimate of drug-likeness (QED) is 0.399. The minimum atomic E-state index is -0.0420. The Morgan fingerprint density at radius 2 is 1.88 bits per heavy atom. The van der Waals surface area contributed by atoms with E-state index >= 15 is 0 Å². The van der Waals surface area contributed by atoms with Crippen LogP contribution in [0.2, 0.25) is 0 Å². The van der Waals surface area contributed by atoms with Crippen molar-refractivity contribution >= 4 is 10.9 Å². The summed E-state index contributed by atoms with van der Waals surface area (Å²) in [5.41, 5.74) is 3.96. The third-order valence-corrected chi connectivity index (χ3v) is 6.99. The van der Waals surface area contributed by atoms with Crippen LogP contribution in [0, 0.1) is 6.92 Å². The van der Waals surface area contributed by atoms with E-state index in [-0.39, 0.29) is 11.6 Å². The van der Waals surface area contributed by atoms with Crippen LogP contribution in [0.5, 0.6) is 0 Å². The lowest BCUT2D eigenvalue weighted by Gasteiger charge is -2.31. The number of nitrogens with zero attached hydrogens (tertiary/aromatic N) is 5. The zero-order valence-electron chi connectivity index (χ0n) is 19.9. The predicted octanol–water partition coefficient (Wildman–Crippen LogP) is 5.09. The van der Waals surface area contributed by atoms with Crippen LogP contribution in [-0.2, 0) is 13.1 Å². The highest BCUT2D eigenvalue weighted by atomic mass is 16.1. The van der Waals surface area contributed by atoms with E-state index < -0.39 is 0 Å². The maximum Gasteiger partial charge on any atom is 0.252 e. The van der Waals surface area contributed by atoms with Crippen LogP contribution in [-0.4, -0.2) is 30.1 Å². The zero-order valence-corrected chi connectivity index (χ0v) is 19.9. The van der Waals surface area contributed by atoms with Crippen molar-refractivity contribution in [1.82, 2.24) is 30.1 Å². The van der Waals surface area contributed by atoms with Gasteiger partial charge in [0, 0.05) is 24.2 Å². The average Bonchev–Trinajstić information content (AvgIpc) is 3.53. The van der Waals surface area contributed by atoms with Gasteiger partial charge in [-0.1, -0.05) is 61.7 Å². The summed E-state index contributed by atoms with van der Waals surface area (Å²) in [4.78, 5) is 18.5. The van der Waals surface area contributed by atoms with Crippen LogP contribution in [0.1, 0.15) is 73.6 Å². The van der Waals surface area contributed by atoms with Gasteiger partial charge in [0.1, 0.15) is 0 Å². The number of pyridine rings is 1. The van der Waals surface area contributed by atoms with Gasteiger partial charge in [0.2, 0.25) is 0 Å². The van der Waals surface area contributed by atoms with Crippen molar-refractivity contribution in [2.24, 2.45) is 0 Å². The number of aromatic amines is 1. The lowest BCUT2D eigenvalue weighted by molar-refractivity contribution is 0.158. The molecule has 0 bridgehead atoms. The van der Waals surface area contributed by atoms with Crippen molar-refractivity contribution in [3.63, 3.8) is 0 Å². The summed E-state index contributed by atoms with van der Waals surface area (Å²) in [6.45, 7) is 5.47. The minimum absolute atomic E-state index is 0.00316. The molecular formula is C27H32N6O. The van der Waals surface area contributed by atoms with Gasteiger partial charge in [-0.3, -0.25) is 9.69 Å². The summed E-state index contributed by atoms with van der Waals surface area (Å²) in [6.07, 6.45) is 5.54. The topological polar surface area (TPSA) is 79.7 Å². The molecule has 0 saturated heterocycles. The Bertz CT molecular complexity index is 1310. The number of aromatic nitrogens is 5. The molecule has 1 unspecified atom stereocenters. The third kappa shape index (κ3) is 4.66. The fraction of sp³-hybridized carbons (Fsp3) is 0.407. The first-order valence-corrected chi connectivity index (χ1v) is 12.3. The second-order valence-corrected chi connectivity index (χ2v) is 9.45. The SMILES string of the molecule is CCC(c1nnnn1C1CCCC1)N(Cc1ccccc1)Cc1cc2cc(C)ccc2[nH]c1=O. The maximum atomic E-state index is 13.1. The van der Waals surface area contributed by atoms with E-state index in [0.717, 1.165) is 41.6 Å². The van der Waals surface area contributed by atoms with Crippen molar-refractivity contribution in [3.05, 3.63) is 87.5 Å². The molecule has 1 aliphatic rings. The molecule has 2 aromatic heterocycles. The fourth-order valence-corrected chi connectivity index (χ4v) is 5.23. The molecule has 2 aromatic carbocycles. The van der Waals surface area contributed by atoms with Crippen molar-refractivity contribution in [1.29, 1.82) is 0 Å². The zero-order chi connectivity index (χ0) is 23.5. The largest absolute Gasteiger partial charge is 0.322 e. The molecule has 5 rings (SSSR count). The number of aryl methyl sites for hydroxylation is 1. The monoisotopic (exact) mass is 456 g/mol. The standard InChI is InChI=1S/C27H32N6O/c1-3-25(26-29-30-31-33(26)23-11-7-8-12-23)32(17-20-9-5-4-6-10-20)18-22-16-21-15-19(2)13-14-24(21)28-27(22)34/h4-6,9-10,13-16,23,25H,3,7-8,11-12,17-18H2,1-2H3,(H,28,34). The first-order valence-electron chi connectivity index (χ1n) is 12.3. The number of fused-ring (bicyclic) bond motifs is 1. The van der Waals surface area contributed by atoms with Gasteiger partial charge < -0.3 is 4.98 Å². The van der Waals surface area contributed by atoms with E-state index in [1.54, 1.807) is 0 Å². The number of hydrogen-bond donors (Lipinski definition) is 1. The van der Waals surface area contributed by atoms with Gasteiger partial charge in [0.15, 0.2) is 5.82 Å². The highest BCUT2D eigenvalue weighted by Crippen LogP contribution is 2.33. The Balaban J connectivity index is 1.53. The van der Waals surface area contributed by atoms with E-state index in [1.165, 1.54) is 24.0 Å². The molecule has 1 atom stereocenters. The Hall–Kier alpha value is -3.32. The van der Waals surface area contributed by atoms with Gasteiger partial charge >= 0.3 is 0 Å². The van der Waals surface area contributed by atoms with E-state index in [0.29, 0.717) is 19.1 Å². The molecule has 1 N–H and O–H groups in total. The molecular weight excluding hydrogens is 424 g/mol. The molecule has 0 radical (unpaired) electrons. The van der Waals surface area contributed by atoms with E-state index in [2.05, 4.69) is 69.6 Å². The molecule has 0 amide bonds. The maximum absolute atomic E-state index is 13.1. The first kappa shape index (κ1) is 22.5. The number of tetrazole rings is 1. The van der Waals surface area contributed by atoms with E-state index in [1.807, 2.05) is 28.9 Å². The Kier molecular flexibility index (Phi) is 6.54. The Morgan fingerprint density at radius 3 is 2.65 bits per heavy atom. The van der Waals surface area contributed by atoms with Gasteiger partial charge in [0.25, 0.3) is 5.56 Å². The third-order valence-electron chi connectivity index (χ3n) is 6.99. The number of benzene rings is 2. The van der Waals surface area contributed by atoms with Crippen molar-refractivity contribution in [2.75, 3.05) is 0 Å². The lowest BCUT2D eigenvalue weighted by atomic mass is 10.1. The van der Waals surface area contributed by atoms with Crippen molar-refractivity contribution in [3.8, 4) is 0 Å². The smallest absolute Gasteiger partial charge is 0.252 e. The molecule has 34 heavy (non-hydrogen) atoms. The van der Waals surface area contributed by atoms with Crippen LogP contribution >= 0.6 is 0 Å². The molecule has 1 saturated carbocycles. The molecule has 7 nitrogen and oxygen atoms in total. The van der Waals surface area contributed by atoms with Crippen molar-refractivity contribution < 1.29 is 0 Å². The molecule has 7 heteroatoms. The second kappa shape index (κ2) is 9.89. The second-order valence-electron chi connectivity index (χ2n) is 9.45. The molecule has 2 heterocycles. The molecule has 1 aliphatic carbocycles. The van der Waals surface area contributed by atoms with Gasteiger partial charge in [-0.05, 0) is 65.8 Å². The van der Waals surface area contributed by atoms with Crippen molar-refractivity contribution in [2.45, 2.75) is 71.1 Å². The summed E-state index contributed by atoms with van der Waals surface area (Å²) >= 11 is 0. The summed E-state index contributed by atoms with van der Waals surface area (Å²) in [6, 6.07) is 18.9. The number of rotatable bonds is 8. The van der Waals surface area contributed by atoms with Crippen LogP contribution in [0.25, 0.3) is 10.9 Å². The molecule has 0 spiro atoms. The predicted molar refractivity (Wildman–Crippen MR) is 133 cm³/mol. The molecule has 1 fully saturated rings. The highest BCUT2D eigenvalue weighted by molar-refractivity contribution is 5.79. The van der Waals surface area contributed by atoms with Gasteiger partial charge in [-0.25, -0.2) is 4.68 Å². The number of nitrogens with one attached hydrogen (secondary N) is 1. The molecule has 4 aromatic rings. The lowest BCUT2D eigenvalue weighted by Crippen LogP contribution is -2.32. The summed E-state index contributed by atoms with van der Waals surface area (Å²) in [5.74, 6) is 0.901. The number of H-pyrrole nitrogens is 1. The molecule has 0 aliphatic heterocycles. The Labute approximate surface area is 199 Å². The normalized spacial score (nSPS) is 15.4. The fourth-order valence-electron chi connectivity index (χ4n) is 5.23. The Morgan fingerprint density at radius 1 is 1.09 bits per heavy atom. The van der Waals surface area contributed by atoms with Gasteiger partial charge in [0.05, 0.1) is 12.1 Å².